The van der Waals surface area contributed by atoms with Crippen molar-refractivity contribution in [3.63, 3.8) is 0 Å². The van der Waals surface area contributed by atoms with Crippen molar-refractivity contribution in [2.45, 2.75) is 12.3 Å². The fourth-order valence-electron chi connectivity index (χ4n) is 1.93. The number of oxazole rings is 1. The Kier molecular flexibility index (Phi) is 2.76. The summed E-state index contributed by atoms with van der Waals surface area (Å²) >= 11 is 8.09. The number of hydrogen-bond acceptors (Lipinski definition) is 3. The Bertz CT molecular complexity index is 756. The molecule has 2 heterocycles. The van der Waals surface area contributed by atoms with Gasteiger partial charge in [0.1, 0.15) is 0 Å². The first-order valence-corrected chi connectivity index (χ1v) is 6.82. The predicted molar refractivity (Wildman–Crippen MR) is 73.6 cm³/mol. The normalized spacial score (nSPS) is 13.0. The second kappa shape index (κ2) is 4.30. The zero-order chi connectivity index (χ0) is 12.7. The second-order valence-corrected chi connectivity index (χ2v) is 5.32. The van der Waals surface area contributed by atoms with Gasteiger partial charge in [0.25, 0.3) is 0 Å². The highest BCUT2D eigenvalue weighted by molar-refractivity contribution is 7.08. The minimum atomic E-state index is -0.444. The SMILES string of the molecule is Cc1cscc1C(Cl)c1ccc2[nH]c(=O)oc2c1. The third kappa shape index (κ3) is 1.87. The number of alkyl halides is 1. The summed E-state index contributed by atoms with van der Waals surface area (Å²) in [5.41, 5.74) is 4.42. The molecule has 0 fully saturated rings. The molecule has 1 unspecified atom stereocenters. The standard InChI is InChI=1S/C13H10ClNO2S/c1-7-5-18-6-9(7)12(14)8-2-3-10-11(4-8)17-13(16)15-10/h2-6,12H,1H3,(H,15,16). The van der Waals surface area contributed by atoms with E-state index in [1.807, 2.05) is 30.5 Å². The molecule has 1 N–H and O–H groups in total. The van der Waals surface area contributed by atoms with Gasteiger partial charge in [0, 0.05) is 0 Å². The highest BCUT2D eigenvalue weighted by atomic mass is 35.5. The van der Waals surface area contributed by atoms with Gasteiger partial charge < -0.3 is 4.42 Å². The predicted octanol–water partition coefficient (Wildman–Crippen LogP) is 3.82. The van der Waals surface area contributed by atoms with E-state index in [9.17, 15) is 4.79 Å². The maximum atomic E-state index is 11.1. The summed E-state index contributed by atoms with van der Waals surface area (Å²) < 4.78 is 5.04. The Morgan fingerprint density at radius 1 is 1.39 bits per heavy atom. The van der Waals surface area contributed by atoms with Crippen LogP contribution in [0.3, 0.4) is 0 Å². The Morgan fingerprint density at radius 2 is 2.22 bits per heavy atom. The number of halogens is 1. The molecule has 0 radical (unpaired) electrons. The van der Waals surface area contributed by atoms with E-state index in [2.05, 4.69) is 10.4 Å². The Morgan fingerprint density at radius 3 is 2.94 bits per heavy atom. The number of benzene rings is 1. The van der Waals surface area contributed by atoms with Gasteiger partial charge in [0.05, 0.1) is 10.9 Å². The molecule has 1 atom stereocenters. The minimum Gasteiger partial charge on any atom is -0.408 e. The van der Waals surface area contributed by atoms with Crippen LogP contribution in [0.15, 0.2) is 38.2 Å². The lowest BCUT2D eigenvalue weighted by Crippen LogP contribution is -1.93. The van der Waals surface area contributed by atoms with Gasteiger partial charge in [-0.2, -0.15) is 11.3 Å². The van der Waals surface area contributed by atoms with Crippen LogP contribution in [0.1, 0.15) is 22.1 Å². The first-order chi connectivity index (χ1) is 8.65. The highest BCUT2D eigenvalue weighted by Crippen LogP contribution is 2.33. The van der Waals surface area contributed by atoms with E-state index in [1.165, 1.54) is 5.56 Å². The zero-order valence-corrected chi connectivity index (χ0v) is 11.1. The van der Waals surface area contributed by atoms with Crippen LogP contribution in [0.2, 0.25) is 0 Å². The molecule has 3 aromatic rings. The van der Waals surface area contributed by atoms with Crippen molar-refractivity contribution < 1.29 is 4.42 Å². The van der Waals surface area contributed by atoms with E-state index in [0.717, 1.165) is 11.1 Å². The quantitative estimate of drug-likeness (QED) is 0.725. The summed E-state index contributed by atoms with van der Waals surface area (Å²) in [6.45, 7) is 2.04. The number of hydrogen-bond donors (Lipinski definition) is 1. The number of rotatable bonds is 2. The number of aryl methyl sites for hydroxylation is 1. The fourth-order valence-corrected chi connectivity index (χ4v) is 3.25. The maximum Gasteiger partial charge on any atom is 0.417 e. The highest BCUT2D eigenvalue weighted by Gasteiger charge is 2.15. The number of thiophene rings is 1. The van der Waals surface area contributed by atoms with Crippen LogP contribution in [0.4, 0.5) is 0 Å². The van der Waals surface area contributed by atoms with Gasteiger partial charge in [-0.15, -0.1) is 11.6 Å². The number of aromatic nitrogens is 1. The average molecular weight is 280 g/mol. The van der Waals surface area contributed by atoms with Crippen molar-refractivity contribution >= 4 is 34.0 Å². The van der Waals surface area contributed by atoms with Gasteiger partial charge in [-0.25, -0.2) is 4.79 Å². The lowest BCUT2D eigenvalue weighted by atomic mass is 10.0. The molecule has 0 aliphatic heterocycles. The van der Waals surface area contributed by atoms with Crippen molar-refractivity contribution in [1.82, 2.24) is 4.98 Å². The molecule has 92 valence electrons. The molecular formula is C13H10ClNO2S. The molecule has 1 aromatic carbocycles. The van der Waals surface area contributed by atoms with Crippen LogP contribution in [-0.2, 0) is 0 Å². The zero-order valence-electron chi connectivity index (χ0n) is 9.57. The molecule has 0 saturated carbocycles. The average Bonchev–Trinajstić information content (AvgIpc) is 2.91. The van der Waals surface area contributed by atoms with Gasteiger partial charge >= 0.3 is 5.76 Å². The van der Waals surface area contributed by atoms with E-state index >= 15 is 0 Å². The van der Waals surface area contributed by atoms with Crippen molar-refractivity contribution in [1.29, 1.82) is 0 Å². The lowest BCUT2D eigenvalue weighted by molar-refractivity contribution is 0.555. The molecule has 2 aromatic heterocycles. The second-order valence-electron chi connectivity index (χ2n) is 4.14. The van der Waals surface area contributed by atoms with E-state index < -0.39 is 5.76 Å². The van der Waals surface area contributed by atoms with Crippen LogP contribution in [0.5, 0.6) is 0 Å². The number of H-pyrrole nitrogens is 1. The summed E-state index contributed by atoms with van der Waals surface area (Å²) in [6.07, 6.45) is 0. The van der Waals surface area contributed by atoms with Crippen LogP contribution in [0, 0.1) is 6.92 Å². The molecule has 0 aliphatic carbocycles. The molecule has 0 bridgehead atoms. The number of fused-ring (bicyclic) bond motifs is 1. The minimum absolute atomic E-state index is 0.221. The molecular weight excluding hydrogens is 270 g/mol. The molecule has 5 heteroatoms. The lowest BCUT2D eigenvalue weighted by Gasteiger charge is -2.09. The molecule has 3 rings (SSSR count). The maximum absolute atomic E-state index is 11.1. The Hall–Kier alpha value is -1.52. The molecule has 18 heavy (non-hydrogen) atoms. The van der Waals surface area contributed by atoms with Crippen LogP contribution in [0.25, 0.3) is 11.1 Å². The summed E-state index contributed by atoms with van der Waals surface area (Å²) in [7, 11) is 0. The van der Waals surface area contributed by atoms with Gasteiger partial charge in [-0.3, -0.25) is 4.98 Å². The monoisotopic (exact) mass is 279 g/mol. The summed E-state index contributed by atoms with van der Waals surface area (Å²) in [4.78, 5) is 13.7. The Balaban J connectivity index is 2.09. The van der Waals surface area contributed by atoms with E-state index in [4.69, 9.17) is 16.0 Å². The van der Waals surface area contributed by atoms with Gasteiger partial charge in [-0.1, -0.05) is 6.07 Å². The summed E-state index contributed by atoms with van der Waals surface area (Å²) in [6, 6.07) is 5.53. The first-order valence-electron chi connectivity index (χ1n) is 5.44. The topological polar surface area (TPSA) is 46.0 Å². The molecule has 0 saturated heterocycles. The summed E-state index contributed by atoms with van der Waals surface area (Å²) in [5, 5.41) is 3.89. The van der Waals surface area contributed by atoms with Crippen LogP contribution >= 0.6 is 22.9 Å². The van der Waals surface area contributed by atoms with Crippen LogP contribution in [-0.4, -0.2) is 4.98 Å². The van der Waals surface area contributed by atoms with E-state index in [0.29, 0.717) is 11.1 Å². The van der Waals surface area contributed by atoms with Gasteiger partial charge in [0.15, 0.2) is 5.58 Å². The largest absolute Gasteiger partial charge is 0.417 e. The van der Waals surface area contributed by atoms with Crippen molar-refractivity contribution in [2.75, 3.05) is 0 Å². The molecule has 3 nitrogen and oxygen atoms in total. The van der Waals surface area contributed by atoms with Crippen molar-refractivity contribution in [3.05, 3.63) is 56.2 Å². The Labute approximate surface area is 112 Å². The first kappa shape index (κ1) is 11.6. The molecule has 0 aliphatic rings. The number of nitrogens with one attached hydrogen (secondary N) is 1. The van der Waals surface area contributed by atoms with E-state index in [-0.39, 0.29) is 5.38 Å². The summed E-state index contributed by atoms with van der Waals surface area (Å²) in [5.74, 6) is -0.444. The van der Waals surface area contributed by atoms with Gasteiger partial charge in [-0.05, 0) is 46.5 Å². The van der Waals surface area contributed by atoms with Gasteiger partial charge in [0.2, 0.25) is 0 Å². The third-order valence-corrected chi connectivity index (χ3v) is 4.27. The van der Waals surface area contributed by atoms with Crippen LogP contribution < -0.4 is 5.76 Å². The van der Waals surface area contributed by atoms with Crippen molar-refractivity contribution in [3.8, 4) is 0 Å². The van der Waals surface area contributed by atoms with E-state index in [1.54, 1.807) is 11.3 Å². The van der Waals surface area contributed by atoms with Crippen molar-refractivity contribution in [2.24, 2.45) is 0 Å². The third-order valence-electron chi connectivity index (χ3n) is 2.91. The molecule has 0 spiro atoms. The smallest absolute Gasteiger partial charge is 0.408 e. The molecule has 0 amide bonds. The number of aromatic amines is 1. The fraction of sp³-hybridized carbons (Fsp3) is 0.154.